The summed E-state index contributed by atoms with van der Waals surface area (Å²) >= 11 is 0. The lowest BCUT2D eigenvalue weighted by Gasteiger charge is -2.18. The monoisotopic (exact) mass is 143 g/mol. The van der Waals surface area contributed by atoms with Crippen LogP contribution in [0.15, 0.2) is 12.0 Å². The van der Waals surface area contributed by atoms with Crippen molar-refractivity contribution >= 4 is 0 Å². The predicted molar refractivity (Wildman–Crippen MR) is 44.5 cm³/mol. The summed E-state index contributed by atoms with van der Waals surface area (Å²) in [6.45, 7) is 0. The highest BCUT2D eigenvalue weighted by atomic mass is 15.2. The summed E-state index contributed by atoms with van der Waals surface area (Å²) in [5.74, 6) is 1.10. The molecular weight excluding hydrogens is 126 g/mol. The van der Waals surface area contributed by atoms with E-state index >= 15 is 0 Å². The fourth-order valence-corrected chi connectivity index (χ4v) is 0.648. The van der Waals surface area contributed by atoms with Crippen LogP contribution in [0.1, 0.15) is 0 Å². The Labute approximate surface area is 63.3 Å². The van der Waals surface area contributed by atoms with Gasteiger partial charge >= 0.3 is 0 Å². The average Bonchev–Trinajstić information content (AvgIpc) is 1.81. The van der Waals surface area contributed by atoms with E-state index in [2.05, 4.69) is 5.32 Å². The quantitative estimate of drug-likeness (QED) is 0.606. The van der Waals surface area contributed by atoms with E-state index in [4.69, 9.17) is 0 Å². The van der Waals surface area contributed by atoms with Crippen molar-refractivity contribution in [1.82, 2.24) is 15.1 Å². The van der Waals surface area contributed by atoms with E-state index in [1.54, 1.807) is 0 Å². The van der Waals surface area contributed by atoms with Gasteiger partial charge in [-0.2, -0.15) is 0 Å². The minimum atomic E-state index is 1.10. The van der Waals surface area contributed by atoms with Gasteiger partial charge < -0.3 is 15.1 Å². The molecule has 0 heterocycles. The Morgan fingerprint density at radius 3 is 1.80 bits per heavy atom. The van der Waals surface area contributed by atoms with Gasteiger partial charge in [0.15, 0.2) is 0 Å². The first kappa shape index (κ1) is 9.14. The van der Waals surface area contributed by atoms with E-state index in [-0.39, 0.29) is 0 Å². The van der Waals surface area contributed by atoms with Crippen molar-refractivity contribution in [2.24, 2.45) is 0 Å². The van der Waals surface area contributed by atoms with Crippen LogP contribution >= 0.6 is 0 Å². The second-order valence-corrected chi connectivity index (χ2v) is 2.62. The van der Waals surface area contributed by atoms with Crippen LogP contribution in [0.2, 0.25) is 0 Å². The van der Waals surface area contributed by atoms with E-state index in [1.807, 2.05) is 51.2 Å². The van der Waals surface area contributed by atoms with Crippen LogP contribution in [0.25, 0.3) is 0 Å². The van der Waals surface area contributed by atoms with Gasteiger partial charge in [0.05, 0.1) is 0 Å². The molecule has 0 aliphatic heterocycles. The third-order valence-corrected chi connectivity index (χ3v) is 1.12. The van der Waals surface area contributed by atoms with Crippen molar-refractivity contribution in [2.45, 2.75) is 0 Å². The molecule has 3 nitrogen and oxygen atoms in total. The predicted octanol–water partition coefficient (Wildman–Crippen LogP) is 0.128. The number of rotatable bonds is 3. The fourth-order valence-electron chi connectivity index (χ4n) is 0.648. The summed E-state index contributed by atoms with van der Waals surface area (Å²) in [5.41, 5.74) is 0. The van der Waals surface area contributed by atoms with Crippen molar-refractivity contribution in [3.8, 4) is 0 Å². The standard InChI is InChI=1S/C7H17N3/c1-8-7(10(4)5)6-9(2)3/h6,8H,1-5H3. The van der Waals surface area contributed by atoms with Crippen LogP contribution in [-0.2, 0) is 0 Å². The molecule has 10 heavy (non-hydrogen) atoms. The molecule has 0 aliphatic carbocycles. The van der Waals surface area contributed by atoms with Crippen molar-refractivity contribution < 1.29 is 0 Å². The molecule has 0 aromatic rings. The average molecular weight is 143 g/mol. The van der Waals surface area contributed by atoms with E-state index in [0.29, 0.717) is 0 Å². The second kappa shape index (κ2) is 4.04. The molecule has 0 saturated heterocycles. The van der Waals surface area contributed by atoms with Crippen molar-refractivity contribution in [3.63, 3.8) is 0 Å². The van der Waals surface area contributed by atoms with Gasteiger partial charge in [-0.3, -0.25) is 0 Å². The van der Waals surface area contributed by atoms with Gasteiger partial charge in [-0.15, -0.1) is 0 Å². The number of hydrogen-bond acceptors (Lipinski definition) is 3. The smallest absolute Gasteiger partial charge is 0.117 e. The summed E-state index contributed by atoms with van der Waals surface area (Å²) < 4.78 is 0. The first-order valence-electron chi connectivity index (χ1n) is 3.31. The summed E-state index contributed by atoms with van der Waals surface area (Å²) in [6, 6.07) is 0. The van der Waals surface area contributed by atoms with Crippen LogP contribution in [0.5, 0.6) is 0 Å². The highest BCUT2D eigenvalue weighted by Gasteiger charge is 1.93. The van der Waals surface area contributed by atoms with Gasteiger partial charge in [-0.1, -0.05) is 0 Å². The molecule has 0 aliphatic rings. The lowest BCUT2D eigenvalue weighted by molar-refractivity contribution is 0.443. The minimum absolute atomic E-state index is 1.10. The van der Waals surface area contributed by atoms with Gasteiger partial charge in [0.2, 0.25) is 0 Å². The highest BCUT2D eigenvalue weighted by Crippen LogP contribution is 1.92. The van der Waals surface area contributed by atoms with Crippen molar-refractivity contribution in [2.75, 3.05) is 35.2 Å². The van der Waals surface area contributed by atoms with Crippen molar-refractivity contribution in [3.05, 3.63) is 12.0 Å². The molecule has 0 saturated carbocycles. The van der Waals surface area contributed by atoms with E-state index < -0.39 is 0 Å². The largest absolute Gasteiger partial charge is 0.381 e. The van der Waals surface area contributed by atoms with Crippen LogP contribution in [-0.4, -0.2) is 45.0 Å². The molecule has 0 aromatic heterocycles. The van der Waals surface area contributed by atoms with Crippen LogP contribution in [0.4, 0.5) is 0 Å². The van der Waals surface area contributed by atoms with Gasteiger partial charge in [-0.05, 0) is 0 Å². The van der Waals surface area contributed by atoms with Crippen molar-refractivity contribution in [1.29, 1.82) is 0 Å². The van der Waals surface area contributed by atoms with Crippen LogP contribution < -0.4 is 5.32 Å². The Kier molecular flexibility index (Phi) is 3.69. The maximum atomic E-state index is 3.08. The van der Waals surface area contributed by atoms with E-state index in [9.17, 15) is 0 Å². The van der Waals surface area contributed by atoms with Gasteiger partial charge in [0, 0.05) is 41.4 Å². The molecular formula is C7H17N3. The minimum Gasteiger partial charge on any atom is -0.381 e. The Morgan fingerprint density at radius 2 is 1.70 bits per heavy atom. The number of nitrogens with one attached hydrogen (secondary N) is 1. The first-order valence-corrected chi connectivity index (χ1v) is 3.31. The third kappa shape index (κ3) is 3.22. The molecule has 0 unspecified atom stereocenters. The van der Waals surface area contributed by atoms with Crippen LogP contribution in [0.3, 0.4) is 0 Å². The third-order valence-electron chi connectivity index (χ3n) is 1.12. The van der Waals surface area contributed by atoms with Gasteiger partial charge in [-0.25, -0.2) is 0 Å². The number of hydrogen-bond donors (Lipinski definition) is 1. The molecule has 3 heteroatoms. The van der Waals surface area contributed by atoms with E-state index in [0.717, 1.165) is 5.82 Å². The second-order valence-electron chi connectivity index (χ2n) is 2.62. The molecule has 1 N–H and O–H groups in total. The van der Waals surface area contributed by atoms with Gasteiger partial charge in [0.25, 0.3) is 0 Å². The molecule has 0 amide bonds. The maximum absolute atomic E-state index is 3.08. The topological polar surface area (TPSA) is 18.5 Å². The molecule has 0 radical (unpaired) electrons. The Hall–Kier alpha value is -0.860. The van der Waals surface area contributed by atoms with Crippen LogP contribution in [0, 0.1) is 0 Å². The Bertz CT molecular complexity index is 116. The molecule has 0 rings (SSSR count). The molecule has 0 bridgehead atoms. The number of nitrogens with zero attached hydrogens (tertiary/aromatic N) is 2. The molecule has 0 fully saturated rings. The first-order chi connectivity index (χ1) is 4.57. The highest BCUT2D eigenvalue weighted by molar-refractivity contribution is 4.93. The summed E-state index contributed by atoms with van der Waals surface area (Å²) in [4.78, 5) is 4.03. The normalized spacial score (nSPS) is 11.1. The molecule has 0 aromatic carbocycles. The zero-order chi connectivity index (χ0) is 8.15. The zero-order valence-electron chi connectivity index (χ0n) is 7.47. The summed E-state index contributed by atoms with van der Waals surface area (Å²) in [7, 11) is 9.93. The lowest BCUT2D eigenvalue weighted by Crippen LogP contribution is -2.24. The summed E-state index contributed by atoms with van der Waals surface area (Å²) in [5, 5.41) is 3.08. The molecule has 0 spiro atoms. The Morgan fingerprint density at radius 1 is 1.20 bits per heavy atom. The lowest BCUT2D eigenvalue weighted by atomic mass is 10.6. The molecule has 60 valence electrons. The van der Waals surface area contributed by atoms with E-state index in [1.165, 1.54) is 0 Å². The zero-order valence-corrected chi connectivity index (χ0v) is 7.47. The Balaban J connectivity index is 4.04. The van der Waals surface area contributed by atoms with Gasteiger partial charge in [0.1, 0.15) is 5.82 Å². The molecule has 0 atom stereocenters. The SMILES string of the molecule is CNC(=CN(C)C)N(C)C. The maximum Gasteiger partial charge on any atom is 0.117 e. The fraction of sp³-hybridized carbons (Fsp3) is 0.714. The summed E-state index contributed by atoms with van der Waals surface area (Å²) in [6.07, 6.45) is 2.03.